The Labute approximate surface area is 233 Å². The molecule has 0 fully saturated rings. The fourth-order valence-electron chi connectivity index (χ4n) is 3.46. The normalized spacial score (nSPS) is 12.6. The van der Waals surface area contributed by atoms with E-state index < -0.39 is 53.3 Å². The van der Waals surface area contributed by atoms with Crippen molar-refractivity contribution in [1.29, 1.82) is 0 Å². The van der Waals surface area contributed by atoms with Crippen LogP contribution >= 0.6 is 0 Å². The van der Waals surface area contributed by atoms with Crippen LogP contribution in [0.15, 0.2) is 18.2 Å². The van der Waals surface area contributed by atoms with Gasteiger partial charge in [-0.05, 0) is 31.2 Å². The highest BCUT2D eigenvalue weighted by Gasteiger charge is 2.27. The second-order valence-electron chi connectivity index (χ2n) is 10.8. The first-order valence-corrected chi connectivity index (χ1v) is 13.2. The first-order chi connectivity index (χ1) is 18.7. The van der Waals surface area contributed by atoms with Crippen LogP contribution in [0, 0.1) is 17.0 Å². The number of hydrogen-bond acceptors (Lipinski definition) is 6. The predicted octanol–water partition coefficient (Wildman–Crippen LogP) is 1.97. The summed E-state index contributed by atoms with van der Waals surface area (Å²) < 4.78 is 26.9. The zero-order chi connectivity index (χ0) is 30.3. The average Bonchev–Trinajstić information content (AvgIpc) is 2.87. The fraction of sp³-hybridized carbons (Fsp3) is 0.593. The maximum Gasteiger partial charge on any atom is 0.243 e. The molecule has 40 heavy (non-hydrogen) atoms. The molecule has 0 aliphatic heterocycles. The molecule has 13 heteroatoms. The number of unbranched alkanes of at least 4 members (excludes halogenated alkanes) is 3. The van der Waals surface area contributed by atoms with E-state index in [-0.39, 0.29) is 36.8 Å². The Hall–Kier alpha value is -3.61. The zero-order valence-corrected chi connectivity index (χ0v) is 23.5. The van der Waals surface area contributed by atoms with Crippen molar-refractivity contribution in [2.75, 3.05) is 6.54 Å². The van der Waals surface area contributed by atoms with E-state index in [1.165, 1.54) is 13.0 Å². The third-order valence-electron chi connectivity index (χ3n) is 5.76. The topological polar surface area (TPSA) is 166 Å². The molecule has 1 aromatic rings. The smallest absolute Gasteiger partial charge is 0.243 e. The molecule has 224 valence electrons. The summed E-state index contributed by atoms with van der Waals surface area (Å²) in [6.07, 6.45) is 2.23. The van der Waals surface area contributed by atoms with Crippen molar-refractivity contribution in [2.45, 2.75) is 91.3 Å². The van der Waals surface area contributed by atoms with Gasteiger partial charge in [-0.1, -0.05) is 39.7 Å². The van der Waals surface area contributed by atoms with Gasteiger partial charge < -0.3 is 21.3 Å². The highest BCUT2D eigenvalue weighted by molar-refractivity contribution is 5.94. The van der Waals surface area contributed by atoms with Gasteiger partial charge in [0.15, 0.2) is 0 Å². The zero-order valence-electron chi connectivity index (χ0n) is 23.5. The summed E-state index contributed by atoms with van der Waals surface area (Å²) in [5.41, 5.74) is 1.41. The lowest BCUT2D eigenvalue weighted by atomic mass is 9.97. The van der Waals surface area contributed by atoms with Crippen LogP contribution in [0.25, 0.3) is 0 Å². The van der Waals surface area contributed by atoms with Crippen molar-refractivity contribution in [3.63, 3.8) is 0 Å². The number of amides is 5. The quantitative estimate of drug-likeness (QED) is 0.101. The minimum absolute atomic E-state index is 0.0607. The van der Waals surface area contributed by atoms with Crippen LogP contribution in [0.5, 0.6) is 0 Å². The number of benzene rings is 1. The van der Waals surface area contributed by atoms with Crippen LogP contribution < -0.4 is 26.7 Å². The molecule has 0 radical (unpaired) electrons. The number of nitrogens with one attached hydrogen (secondary N) is 5. The molecule has 5 amide bonds. The summed E-state index contributed by atoms with van der Waals surface area (Å²) in [6, 6.07) is 0.626. The van der Waals surface area contributed by atoms with E-state index in [2.05, 4.69) is 21.3 Å². The number of carbonyl (C=O) groups excluding carboxylic acids is 5. The van der Waals surface area contributed by atoms with Crippen molar-refractivity contribution in [3.05, 3.63) is 35.4 Å². The van der Waals surface area contributed by atoms with Crippen molar-refractivity contribution < 1.29 is 38.0 Å². The van der Waals surface area contributed by atoms with Crippen LogP contribution in [0.3, 0.4) is 0 Å². The maximum absolute atomic E-state index is 13.8. The first kappa shape index (κ1) is 34.4. The lowest BCUT2D eigenvalue weighted by Gasteiger charge is -2.23. The highest BCUT2D eigenvalue weighted by Crippen LogP contribution is 2.11. The molecular formula is C27H41F2N5O6. The van der Waals surface area contributed by atoms with Gasteiger partial charge in [0.1, 0.15) is 23.7 Å². The molecule has 0 spiro atoms. The van der Waals surface area contributed by atoms with Gasteiger partial charge in [-0.15, -0.1) is 0 Å². The number of hydroxylamine groups is 1. The second-order valence-corrected chi connectivity index (χ2v) is 10.8. The predicted molar refractivity (Wildman–Crippen MR) is 142 cm³/mol. The number of carbonyl (C=O) groups is 5. The molecule has 0 heterocycles. The molecule has 1 aromatic carbocycles. The average molecular weight is 570 g/mol. The minimum Gasteiger partial charge on any atom is -0.355 e. The molecule has 0 bridgehead atoms. The Morgan fingerprint density at radius 1 is 0.850 bits per heavy atom. The second kappa shape index (κ2) is 17.2. The van der Waals surface area contributed by atoms with Crippen LogP contribution in [0.1, 0.15) is 78.2 Å². The third kappa shape index (κ3) is 14.5. The van der Waals surface area contributed by atoms with Crippen LogP contribution in [0.2, 0.25) is 0 Å². The van der Waals surface area contributed by atoms with Gasteiger partial charge in [-0.2, -0.15) is 0 Å². The van der Waals surface area contributed by atoms with Gasteiger partial charge in [-0.3, -0.25) is 29.2 Å². The summed E-state index contributed by atoms with van der Waals surface area (Å²) in [4.78, 5) is 61.5. The van der Waals surface area contributed by atoms with E-state index >= 15 is 0 Å². The SMILES string of the molecule is C[C@H](NC(=O)[C@H](CC(=O)NCC(C)(C)C)NC(=O)CCCCCCC(=O)NO)C(=O)NCc1ccc(F)cc1F. The van der Waals surface area contributed by atoms with Gasteiger partial charge in [-0.25, -0.2) is 14.3 Å². The summed E-state index contributed by atoms with van der Waals surface area (Å²) in [5.74, 6) is -4.36. The van der Waals surface area contributed by atoms with E-state index in [1.807, 2.05) is 20.8 Å². The molecule has 0 aromatic heterocycles. The molecule has 0 aliphatic carbocycles. The largest absolute Gasteiger partial charge is 0.355 e. The molecular weight excluding hydrogens is 528 g/mol. The van der Waals surface area contributed by atoms with E-state index in [1.54, 1.807) is 5.48 Å². The molecule has 2 atom stereocenters. The lowest BCUT2D eigenvalue weighted by molar-refractivity contribution is -0.133. The molecule has 1 rings (SSSR count). The van der Waals surface area contributed by atoms with Crippen molar-refractivity contribution in [1.82, 2.24) is 26.7 Å². The van der Waals surface area contributed by atoms with Gasteiger partial charge in [0.05, 0.1) is 6.42 Å². The van der Waals surface area contributed by atoms with Crippen molar-refractivity contribution >= 4 is 29.5 Å². The number of hydrogen-bond donors (Lipinski definition) is 6. The van der Waals surface area contributed by atoms with Crippen LogP contribution in [-0.2, 0) is 30.5 Å². The molecule has 0 unspecified atom stereocenters. The van der Waals surface area contributed by atoms with Gasteiger partial charge >= 0.3 is 0 Å². The number of halogens is 2. The Bertz CT molecular complexity index is 1030. The van der Waals surface area contributed by atoms with Crippen LogP contribution in [0.4, 0.5) is 8.78 Å². The Balaban J connectivity index is 2.70. The fourth-order valence-corrected chi connectivity index (χ4v) is 3.46. The first-order valence-electron chi connectivity index (χ1n) is 13.2. The van der Waals surface area contributed by atoms with E-state index in [9.17, 15) is 32.8 Å². The molecule has 11 nitrogen and oxygen atoms in total. The standard InChI is InChI=1S/C27H41F2N5O6/c1-17(25(38)30-15-18-11-12-19(28)13-20(18)29)32-26(39)21(14-24(37)31-16-27(2,3)4)33-22(35)9-7-5-6-8-10-23(36)34-40/h11-13,17,21,40H,5-10,14-16H2,1-4H3,(H,30,38)(H,31,37)(H,32,39)(H,33,35)(H,34,36)/t17-,21-/m0/s1. The summed E-state index contributed by atoms with van der Waals surface area (Å²) >= 11 is 0. The monoisotopic (exact) mass is 569 g/mol. The van der Waals surface area contributed by atoms with E-state index in [0.717, 1.165) is 6.07 Å². The number of rotatable bonds is 16. The maximum atomic E-state index is 13.8. The van der Waals surface area contributed by atoms with E-state index in [4.69, 9.17) is 5.21 Å². The van der Waals surface area contributed by atoms with Crippen LogP contribution in [-0.4, -0.2) is 53.4 Å². The van der Waals surface area contributed by atoms with Crippen molar-refractivity contribution in [2.24, 2.45) is 5.41 Å². The summed E-state index contributed by atoms with van der Waals surface area (Å²) in [7, 11) is 0. The van der Waals surface area contributed by atoms with Gasteiger partial charge in [0.25, 0.3) is 0 Å². The molecule has 0 saturated heterocycles. The van der Waals surface area contributed by atoms with Gasteiger partial charge in [0, 0.05) is 37.6 Å². The lowest BCUT2D eigenvalue weighted by Crippen LogP contribution is -2.54. The summed E-state index contributed by atoms with van der Waals surface area (Å²) in [6.45, 7) is 7.28. The minimum atomic E-state index is -1.24. The Morgan fingerprint density at radius 2 is 1.48 bits per heavy atom. The van der Waals surface area contributed by atoms with Gasteiger partial charge in [0.2, 0.25) is 29.5 Å². The highest BCUT2D eigenvalue weighted by atomic mass is 19.1. The Kier molecular flexibility index (Phi) is 14.8. The summed E-state index contributed by atoms with van der Waals surface area (Å²) in [5, 5.41) is 18.7. The molecule has 6 N–H and O–H groups in total. The van der Waals surface area contributed by atoms with E-state index in [0.29, 0.717) is 38.3 Å². The molecule has 0 saturated carbocycles. The third-order valence-corrected chi connectivity index (χ3v) is 5.76. The Morgan fingerprint density at radius 3 is 2.05 bits per heavy atom. The molecule has 0 aliphatic rings. The van der Waals surface area contributed by atoms with Crippen molar-refractivity contribution in [3.8, 4) is 0 Å².